The number of amides is 3. The maximum Gasteiger partial charge on any atom is 0.329 e. The molecule has 0 aromatic heterocycles. The van der Waals surface area contributed by atoms with Crippen LogP contribution in [0.1, 0.15) is 22.3 Å². The predicted octanol–water partition coefficient (Wildman–Crippen LogP) is 5.57. The fourth-order valence-corrected chi connectivity index (χ4v) is 3.66. The number of carbonyl (C=O) groups is 2. The quantitative estimate of drug-likeness (QED) is 0.360. The Labute approximate surface area is 193 Å². The number of hydrogen-bond acceptors (Lipinski definition) is 3. The first-order valence-corrected chi connectivity index (χ1v) is 10.8. The van der Waals surface area contributed by atoms with E-state index in [1.54, 1.807) is 36.4 Å². The number of carbonyl (C=O) groups excluding carboxylic acids is 2. The average Bonchev–Trinajstić information content (AvgIpc) is 3.03. The van der Waals surface area contributed by atoms with Crippen LogP contribution in [0, 0.1) is 12.7 Å². The highest BCUT2D eigenvalue weighted by Gasteiger charge is 2.34. The van der Waals surface area contributed by atoms with E-state index >= 15 is 0 Å². The lowest BCUT2D eigenvalue weighted by atomic mass is 10.1. The lowest BCUT2D eigenvalue weighted by Crippen LogP contribution is -2.30. The predicted molar refractivity (Wildman–Crippen MR) is 123 cm³/mol. The Hall–Kier alpha value is -3.45. The van der Waals surface area contributed by atoms with Crippen molar-refractivity contribution in [2.24, 2.45) is 0 Å². The Morgan fingerprint density at radius 1 is 1.06 bits per heavy atom. The van der Waals surface area contributed by atoms with Crippen molar-refractivity contribution in [3.63, 3.8) is 0 Å². The minimum absolute atomic E-state index is 0.102. The number of aryl methyl sites for hydroxylation is 1. The van der Waals surface area contributed by atoms with Crippen molar-refractivity contribution in [3.8, 4) is 5.75 Å². The van der Waals surface area contributed by atoms with Crippen LogP contribution in [0.5, 0.6) is 5.75 Å². The molecule has 0 bridgehead atoms. The van der Waals surface area contributed by atoms with Crippen molar-refractivity contribution in [1.29, 1.82) is 0 Å². The summed E-state index contributed by atoms with van der Waals surface area (Å²) in [5.41, 5.74) is 3.17. The molecule has 5 nitrogen and oxygen atoms in total. The van der Waals surface area contributed by atoms with Gasteiger partial charge in [0, 0.05) is 15.6 Å². The summed E-state index contributed by atoms with van der Waals surface area (Å²) in [6.45, 7) is 2.23. The van der Waals surface area contributed by atoms with E-state index < -0.39 is 17.8 Å². The molecule has 32 heavy (non-hydrogen) atoms. The van der Waals surface area contributed by atoms with E-state index in [0.717, 1.165) is 14.9 Å². The number of nitrogens with one attached hydrogen (secondary N) is 1. The van der Waals surface area contributed by atoms with Crippen LogP contribution < -0.4 is 10.1 Å². The molecule has 3 amide bonds. The minimum Gasteiger partial charge on any atom is -0.488 e. The number of urea groups is 1. The number of imide groups is 1. The molecule has 1 heterocycles. The summed E-state index contributed by atoms with van der Waals surface area (Å²) in [5.74, 6) is -0.428. The fraction of sp³-hybridized carbons (Fsp3) is 0.120. The standard InChI is InChI=1S/C25H20BrFN2O3/c1-16-6-8-17(9-7-16)15-32-23-11-10-20(26)12-19(23)13-22-24(30)29(25(31)28-22)14-18-4-2-3-5-21(18)27/h2-13H,14-15H2,1H3,(H,28,31)/b22-13+. The van der Waals surface area contributed by atoms with E-state index in [4.69, 9.17) is 4.74 Å². The van der Waals surface area contributed by atoms with Crippen LogP contribution in [0.15, 0.2) is 76.9 Å². The van der Waals surface area contributed by atoms with Gasteiger partial charge in [0.25, 0.3) is 5.91 Å². The summed E-state index contributed by atoms with van der Waals surface area (Å²) in [5, 5.41) is 2.57. The van der Waals surface area contributed by atoms with E-state index in [0.29, 0.717) is 17.9 Å². The molecule has 0 atom stereocenters. The van der Waals surface area contributed by atoms with Crippen LogP contribution in [0.25, 0.3) is 6.08 Å². The second kappa shape index (κ2) is 9.36. The summed E-state index contributed by atoms with van der Waals surface area (Å²) in [6.07, 6.45) is 1.57. The van der Waals surface area contributed by atoms with Gasteiger partial charge in [-0.25, -0.2) is 9.18 Å². The molecule has 7 heteroatoms. The molecule has 0 unspecified atom stereocenters. The SMILES string of the molecule is Cc1ccc(COc2ccc(Br)cc2/C=C2/NC(=O)N(Cc3ccccc3F)C2=O)cc1. The summed E-state index contributed by atoms with van der Waals surface area (Å²) < 4.78 is 20.8. The van der Waals surface area contributed by atoms with Crippen LogP contribution in [-0.2, 0) is 17.9 Å². The lowest BCUT2D eigenvalue weighted by Gasteiger charge is -2.12. The zero-order chi connectivity index (χ0) is 22.7. The van der Waals surface area contributed by atoms with Gasteiger partial charge in [-0.2, -0.15) is 0 Å². The average molecular weight is 495 g/mol. The van der Waals surface area contributed by atoms with Crippen LogP contribution in [-0.4, -0.2) is 16.8 Å². The van der Waals surface area contributed by atoms with Crippen LogP contribution >= 0.6 is 15.9 Å². The number of nitrogens with zero attached hydrogens (tertiary/aromatic N) is 1. The summed E-state index contributed by atoms with van der Waals surface area (Å²) in [7, 11) is 0. The molecule has 3 aromatic carbocycles. The van der Waals surface area contributed by atoms with Gasteiger partial charge in [-0.15, -0.1) is 0 Å². The maximum absolute atomic E-state index is 14.0. The van der Waals surface area contributed by atoms with Gasteiger partial charge >= 0.3 is 6.03 Å². The molecular weight excluding hydrogens is 475 g/mol. The van der Waals surface area contributed by atoms with E-state index in [2.05, 4.69) is 21.2 Å². The van der Waals surface area contributed by atoms with Gasteiger partial charge in [0.2, 0.25) is 0 Å². The van der Waals surface area contributed by atoms with E-state index in [1.165, 1.54) is 11.6 Å². The second-order valence-electron chi connectivity index (χ2n) is 7.43. The molecule has 1 aliphatic heterocycles. The largest absolute Gasteiger partial charge is 0.488 e. The number of rotatable bonds is 6. The van der Waals surface area contributed by atoms with Gasteiger partial charge in [0.05, 0.1) is 6.54 Å². The number of hydrogen-bond donors (Lipinski definition) is 1. The molecule has 0 saturated carbocycles. The van der Waals surface area contributed by atoms with Crippen molar-refractivity contribution in [2.75, 3.05) is 0 Å². The molecule has 4 rings (SSSR count). The Kier molecular flexibility index (Phi) is 6.37. The third kappa shape index (κ3) is 4.89. The maximum atomic E-state index is 14.0. The first-order valence-electron chi connectivity index (χ1n) is 9.96. The number of halogens is 2. The third-order valence-corrected chi connectivity index (χ3v) is 5.53. The van der Waals surface area contributed by atoms with Crippen molar-refractivity contribution in [3.05, 3.63) is 105 Å². The van der Waals surface area contributed by atoms with Crippen LogP contribution in [0.3, 0.4) is 0 Å². The fourth-order valence-electron chi connectivity index (χ4n) is 3.28. The molecule has 162 valence electrons. The van der Waals surface area contributed by atoms with Gasteiger partial charge < -0.3 is 10.1 Å². The van der Waals surface area contributed by atoms with Gasteiger partial charge in [-0.3, -0.25) is 9.69 Å². The van der Waals surface area contributed by atoms with Crippen molar-refractivity contribution < 1.29 is 18.7 Å². The first-order chi connectivity index (χ1) is 15.4. The third-order valence-electron chi connectivity index (χ3n) is 5.04. The van der Waals surface area contributed by atoms with Crippen molar-refractivity contribution >= 4 is 33.9 Å². The molecule has 1 fully saturated rings. The molecule has 0 aliphatic carbocycles. The van der Waals surface area contributed by atoms with E-state index in [1.807, 2.05) is 37.3 Å². The summed E-state index contributed by atoms with van der Waals surface area (Å²) in [6, 6.07) is 18.9. The summed E-state index contributed by atoms with van der Waals surface area (Å²) >= 11 is 3.43. The highest BCUT2D eigenvalue weighted by Crippen LogP contribution is 2.28. The zero-order valence-corrected chi connectivity index (χ0v) is 18.9. The lowest BCUT2D eigenvalue weighted by molar-refractivity contribution is -0.123. The monoisotopic (exact) mass is 494 g/mol. The Morgan fingerprint density at radius 2 is 1.81 bits per heavy atom. The highest BCUT2D eigenvalue weighted by atomic mass is 79.9. The molecule has 3 aromatic rings. The normalized spacial score (nSPS) is 14.7. The smallest absolute Gasteiger partial charge is 0.329 e. The van der Waals surface area contributed by atoms with E-state index in [-0.39, 0.29) is 17.8 Å². The van der Waals surface area contributed by atoms with Gasteiger partial charge in [0.15, 0.2) is 0 Å². The van der Waals surface area contributed by atoms with Crippen molar-refractivity contribution in [1.82, 2.24) is 10.2 Å². The number of ether oxygens (including phenoxy) is 1. The topological polar surface area (TPSA) is 58.6 Å². The first kappa shape index (κ1) is 21.8. The number of benzene rings is 3. The van der Waals surface area contributed by atoms with Gasteiger partial charge in [-0.05, 0) is 42.8 Å². The molecular formula is C25H20BrFN2O3. The zero-order valence-electron chi connectivity index (χ0n) is 17.3. The van der Waals surface area contributed by atoms with Crippen molar-refractivity contribution in [2.45, 2.75) is 20.1 Å². The van der Waals surface area contributed by atoms with Crippen LogP contribution in [0.4, 0.5) is 9.18 Å². The van der Waals surface area contributed by atoms with Gasteiger partial charge in [0.1, 0.15) is 23.9 Å². The summed E-state index contributed by atoms with van der Waals surface area (Å²) in [4.78, 5) is 26.2. The Bertz CT molecular complexity index is 1210. The molecule has 1 saturated heterocycles. The highest BCUT2D eigenvalue weighted by molar-refractivity contribution is 9.10. The van der Waals surface area contributed by atoms with Crippen LogP contribution in [0.2, 0.25) is 0 Å². The van der Waals surface area contributed by atoms with E-state index in [9.17, 15) is 14.0 Å². The molecule has 1 aliphatic rings. The minimum atomic E-state index is -0.596. The Morgan fingerprint density at radius 3 is 2.56 bits per heavy atom. The molecule has 0 spiro atoms. The molecule has 0 radical (unpaired) electrons. The Balaban J connectivity index is 1.55. The van der Waals surface area contributed by atoms with Gasteiger partial charge in [-0.1, -0.05) is 64.0 Å². The second-order valence-corrected chi connectivity index (χ2v) is 8.34. The molecule has 1 N–H and O–H groups in total.